The van der Waals surface area contributed by atoms with Crippen molar-refractivity contribution in [3.8, 4) is 11.3 Å². The highest BCUT2D eigenvalue weighted by atomic mass is 19.1. The van der Waals surface area contributed by atoms with Gasteiger partial charge >= 0.3 is 0 Å². The van der Waals surface area contributed by atoms with Crippen molar-refractivity contribution >= 4 is 5.91 Å². The second kappa shape index (κ2) is 7.90. The number of aromatic nitrogens is 1. The van der Waals surface area contributed by atoms with E-state index in [4.69, 9.17) is 4.52 Å². The molecule has 1 amide bonds. The molecule has 144 valence electrons. The lowest BCUT2D eigenvalue weighted by Gasteiger charge is -2.34. The third-order valence-corrected chi connectivity index (χ3v) is 4.84. The summed E-state index contributed by atoms with van der Waals surface area (Å²) in [5.41, 5.74) is 1.95. The Bertz CT molecular complexity index is 947. The molecule has 0 bridgehead atoms. The van der Waals surface area contributed by atoms with Crippen molar-refractivity contribution in [1.29, 1.82) is 0 Å². The minimum atomic E-state index is -0.335. The summed E-state index contributed by atoms with van der Waals surface area (Å²) in [7, 11) is 0. The Kier molecular flexibility index (Phi) is 5.16. The van der Waals surface area contributed by atoms with Crippen molar-refractivity contribution in [2.24, 2.45) is 0 Å². The van der Waals surface area contributed by atoms with Crippen molar-refractivity contribution < 1.29 is 18.1 Å². The number of piperazine rings is 1. The van der Waals surface area contributed by atoms with E-state index in [2.05, 4.69) is 10.1 Å². The van der Waals surface area contributed by atoms with E-state index in [0.717, 1.165) is 25.2 Å². The number of halogens is 2. The molecular formula is C21H19F2N3O2. The van der Waals surface area contributed by atoms with Crippen LogP contribution in [0.25, 0.3) is 11.3 Å². The minimum absolute atomic E-state index is 0.182. The summed E-state index contributed by atoms with van der Waals surface area (Å²) >= 11 is 0. The van der Waals surface area contributed by atoms with Gasteiger partial charge in [-0.2, -0.15) is 0 Å². The van der Waals surface area contributed by atoms with Gasteiger partial charge < -0.3 is 9.42 Å². The SMILES string of the molecule is O=C(c1cc(-c2ccc(F)cc2)on1)N1CCN(Cc2ccc(F)cc2)CC1. The van der Waals surface area contributed by atoms with Crippen molar-refractivity contribution in [1.82, 2.24) is 15.0 Å². The van der Waals surface area contributed by atoms with E-state index in [0.29, 0.717) is 24.4 Å². The molecule has 0 saturated carbocycles. The lowest BCUT2D eigenvalue weighted by molar-refractivity contribution is 0.0618. The zero-order valence-electron chi connectivity index (χ0n) is 15.1. The van der Waals surface area contributed by atoms with E-state index in [1.54, 1.807) is 35.2 Å². The van der Waals surface area contributed by atoms with Crippen molar-refractivity contribution in [3.63, 3.8) is 0 Å². The van der Waals surface area contributed by atoms with Gasteiger partial charge in [0.05, 0.1) is 0 Å². The summed E-state index contributed by atoms with van der Waals surface area (Å²) in [6, 6.07) is 13.9. The van der Waals surface area contributed by atoms with Crippen LogP contribution in [0, 0.1) is 11.6 Å². The van der Waals surface area contributed by atoms with Gasteiger partial charge in [0.2, 0.25) is 0 Å². The minimum Gasteiger partial charge on any atom is -0.355 e. The first kappa shape index (κ1) is 18.3. The average Bonchev–Trinajstić information content (AvgIpc) is 3.20. The first-order chi connectivity index (χ1) is 13.6. The standard InChI is InChI=1S/C21H19F2N3O2/c22-17-5-1-15(2-6-17)14-25-9-11-26(12-10-25)21(27)19-13-20(28-24-19)16-3-7-18(23)8-4-16/h1-8,13H,9-12,14H2. The van der Waals surface area contributed by atoms with E-state index in [1.807, 2.05) is 0 Å². The molecule has 1 aliphatic rings. The van der Waals surface area contributed by atoms with Crippen LogP contribution in [0.2, 0.25) is 0 Å². The van der Waals surface area contributed by atoms with Gasteiger partial charge in [-0.05, 0) is 42.0 Å². The molecule has 0 unspecified atom stereocenters. The molecule has 1 fully saturated rings. The third kappa shape index (κ3) is 4.09. The summed E-state index contributed by atoms with van der Waals surface area (Å²) in [5.74, 6) is -0.332. The molecule has 2 heterocycles. The number of carbonyl (C=O) groups excluding carboxylic acids is 1. The highest BCUT2D eigenvalue weighted by Gasteiger charge is 2.24. The molecule has 0 radical (unpaired) electrons. The summed E-state index contributed by atoms with van der Waals surface area (Å²) < 4.78 is 31.3. The lowest BCUT2D eigenvalue weighted by atomic mass is 10.1. The number of benzene rings is 2. The fourth-order valence-corrected chi connectivity index (χ4v) is 3.25. The fraction of sp³-hybridized carbons (Fsp3) is 0.238. The molecule has 7 heteroatoms. The van der Waals surface area contributed by atoms with Crippen LogP contribution in [0.1, 0.15) is 16.1 Å². The molecule has 1 aliphatic heterocycles. The van der Waals surface area contributed by atoms with Gasteiger partial charge in [0.25, 0.3) is 5.91 Å². The molecular weight excluding hydrogens is 364 g/mol. The predicted molar refractivity (Wildman–Crippen MR) is 99.5 cm³/mol. The zero-order valence-corrected chi connectivity index (χ0v) is 15.1. The topological polar surface area (TPSA) is 49.6 Å². The number of rotatable bonds is 4. The molecule has 0 aliphatic carbocycles. The van der Waals surface area contributed by atoms with Crippen LogP contribution in [0.4, 0.5) is 8.78 Å². The predicted octanol–water partition coefficient (Wildman–Crippen LogP) is 3.58. The molecule has 0 spiro atoms. The summed E-state index contributed by atoms with van der Waals surface area (Å²) in [4.78, 5) is 16.7. The molecule has 2 aromatic carbocycles. The third-order valence-electron chi connectivity index (χ3n) is 4.84. The number of amides is 1. The van der Waals surface area contributed by atoms with Crippen LogP contribution < -0.4 is 0 Å². The highest BCUT2D eigenvalue weighted by Crippen LogP contribution is 2.21. The van der Waals surface area contributed by atoms with Crippen LogP contribution in [-0.4, -0.2) is 47.0 Å². The Morgan fingerprint density at radius 1 is 0.929 bits per heavy atom. The fourth-order valence-electron chi connectivity index (χ4n) is 3.25. The smallest absolute Gasteiger partial charge is 0.276 e. The Morgan fingerprint density at radius 2 is 1.54 bits per heavy atom. The van der Waals surface area contributed by atoms with Crippen LogP contribution in [-0.2, 0) is 6.54 Å². The van der Waals surface area contributed by atoms with Crippen molar-refractivity contribution in [3.05, 3.63) is 77.5 Å². The summed E-state index contributed by atoms with van der Waals surface area (Å²) in [6.45, 7) is 3.34. The number of carbonyl (C=O) groups is 1. The number of nitrogens with zero attached hydrogens (tertiary/aromatic N) is 3. The normalized spacial score (nSPS) is 15.0. The number of hydrogen-bond donors (Lipinski definition) is 0. The van der Waals surface area contributed by atoms with Crippen molar-refractivity contribution in [2.45, 2.75) is 6.54 Å². The van der Waals surface area contributed by atoms with Crippen molar-refractivity contribution in [2.75, 3.05) is 26.2 Å². The van der Waals surface area contributed by atoms with E-state index in [9.17, 15) is 13.6 Å². The molecule has 4 rings (SSSR count). The Morgan fingerprint density at radius 3 is 2.18 bits per heavy atom. The van der Waals surface area contributed by atoms with Gasteiger partial charge in [0.15, 0.2) is 11.5 Å². The van der Waals surface area contributed by atoms with E-state index < -0.39 is 0 Å². The maximum atomic E-state index is 13.0. The lowest BCUT2D eigenvalue weighted by Crippen LogP contribution is -2.48. The van der Waals surface area contributed by atoms with Gasteiger partial charge in [-0.1, -0.05) is 17.3 Å². The molecule has 0 N–H and O–H groups in total. The molecule has 5 nitrogen and oxygen atoms in total. The average molecular weight is 383 g/mol. The second-order valence-corrected chi connectivity index (χ2v) is 6.78. The molecule has 1 saturated heterocycles. The highest BCUT2D eigenvalue weighted by molar-refractivity contribution is 5.93. The first-order valence-corrected chi connectivity index (χ1v) is 9.07. The maximum Gasteiger partial charge on any atom is 0.276 e. The number of hydrogen-bond acceptors (Lipinski definition) is 4. The van der Waals surface area contributed by atoms with Crippen LogP contribution in [0.15, 0.2) is 59.1 Å². The summed E-state index contributed by atoms with van der Waals surface area (Å²) in [6.07, 6.45) is 0. The Balaban J connectivity index is 1.35. The van der Waals surface area contributed by atoms with Gasteiger partial charge in [-0.15, -0.1) is 0 Å². The van der Waals surface area contributed by atoms with Gasteiger partial charge in [0.1, 0.15) is 11.6 Å². The van der Waals surface area contributed by atoms with Gasteiger partial charge in [-0.25, -0.2) is 8.78 Å². The van der Waals surface area contributed by atoms with Crippen LogP contribution >= 0.6 is 0 Å². The molecule has 1 aromatic heterocycles. The van der Waals surface area contributed by atoms with Gasteiger partial charge in [-0.3, -0.25) is 9.69 Å². The maximum absolute atomic E-state index is 13.0. The van der Waals surface area contributed by atoms with E-state index in [-0.39, 0.29) is 23.2 Å². The van der Waals surface area contributed by atoms with Gasteiger partial charge in [0, 0.05) is 44.4 Å². The largest absolute Gasteiger partial charge is 0.355 e. The second-order valence-electron chi connectivity index (χ2n) is 6.78. The monoisotopic (exact) mass is 383 g/mol. The molecule has 0 atom stereocenters. The summed E-state index contributed by atoms with van der Waals surface area (Å²) in [5, 5.41) is 3.88. The van der Waals surface area contributed by atoms with E-state index >= 15 is 0 Å². The Hall–Kier alpha value is -3.06. The quantitative estimate of drug-likeness (QED) is 0.691. The molecule has 3 aromatic rings. The van der Waals surface area contributed by atoms with Crippen LogP contribution in [0.3, 0.4) is 0 Å². The Labute approximate surface area is 161 Å². The zero-order chi connectivity index (χ0) is 19.5. The van der Waals surface area contributed by atoms with E-state index in [1.165, 1.54) is 24.3 Å². The van der Waals surface area contributed by atoms with Crippen LogP contribution in [0.5, 0.6) is 0 Å². The molecule has 28 heavy (non-hydrogen) atoms. The first-order valence-electron chi connectivity index (χ1n) is 9.07.